The zero-order valence-electron chi connectivity index (χ0n) is 21.8. The summed E-state index contributed by atoms with van der Waals surface area (Å²) >= 11 is 1.62. The molecule has 37 heavy (non-hydrogen) atoms. The monoisotopic (exact) mass is 520 g/mol. The van der Waals surface area contributed by atoms with Gasteiger partial charge in [0.15, 0.2) is 5.65 Å². The maximum atomic E-state index is 13.1. The van der Waals surface area contributed by atoms with Crippen LogP contribution in [0.1, 0.15) is 51.4 Å². The number of likely N-dealkylation sites (N-methyl/N-ethyl adjacent to an activating group) is 1. The predicted molar refractivity (Wildman–Crippen MR) is 145 cm³/mol. The van der Waals surface area contributed by atoms with Gasteiger partial charge in [-0.2, -0.15) is 5.10 Å². The van der Waals surface area contributed by atoms with Crippen LogP contribution in [0.2, 0.25) is 0 Å². The van der Waals surface area contributed by atoms with Crippen LogP contribution in [-0.4, -0.2) is 61.2 Å². The van der Waals surface area contributed by atoms with Crippen molar-refractivity contribution in [3.8, 4) is 21.8 Å². The average Bonchev–Trinajstić information content (AvgIpc) is 3.55. The van der Waals surface area contributed by atoms with Crippen molar-refractivity contribution in [1.82, 2.24) is 29.8 Å². The molecule has 1 atom stereocenters. The van der Waals surface area contributed by atoms with E-state index in [0.29, 0.717) is 36.4 Å². The van der Waals surface area contributed by atoms with E-state index in [1.807, 2.05) is 64.4 Å². The van der Waals surface area contributed by atoms with E-state index in [2.05, 4.69) is 15.4 Å². The first-order chi connectivity index (χ1) is 17.7. The molecule has 0 aliphatic heterocycles. The smallest absolute Gasteiger partial charge is 0.410 e. The fraction of sp³-hybridized carbons (Fsp3) is 0.370. The van der Waals surface area contributed by atoms with Gasteiger partial charge < -0.3 is 15.0 Å². The molecule has 0 spiro atoms. The summed E-state index contributed by atoms with van der Waals surface area (Å²) in [4.78, 5) is 37.7. The Morgan fingerprint density at radius 1 is 1.19 bits per heavy atom. The number of pyridine rings is 1. The number of aromatic nitrogens is 4. The van der Waals surface area contributed by atoms with Crippen LogP contribution >= 0.6 is 11.3 Å². The maximum absolute atomic E-state index is 13.1. The van der Waals surface area contributed by atoms with Gasteiger partial charge in [0.25, 0.3) is 5.91 Å². The number of hydrogen-bond donors (Lipinski definition) is 1. The lowest BCUT2D eigenvalue weighted by molar-refractivity contribution is 0.0167. The summed E-state index contributed by atoms with van der Waals surface area (Å²) in [5.74, 6) is -0.244. The quantitative estimate of drug-likeness (QED) is 0.339. The van der Waals surface area contributed by atoms with Gasteiger partial charge in [-0.25, -0.2) is 14.3 Å². The molecule has 4 aromatic rings. The summed E-state index contributed by atoms with van der Waals surface area (Å²) in [7, 11) is 0. The molecule has 1 N–H and O–H groups in total. The fourth-order valence-corrected chi connectivity index (χ4v) is 4.67. The highest BCUT2D eigenvalue weighted by Gasteiger charge is 2.26. The number of ether oxygens (including phenoxy) is 1. The molecule has 0 saturated carbocycles. The van der Waals surface area contributed by atoms with E-state index in [1.54, 1.807) is 45.3 Å². The van der Waals surface area contributed by atoms with Gasteiger partial charge in [-0.1, -0.05) is 13.0 Å². The Balaban J connectivity index is 1.51. The Bertz CT molecular complexity index is 1380. The molecular weight excluding hydrogens is 488 g/mol. The Morgan fingerprint density at radius 3 is 2.68 bits per heavy atom. The first-order valence-electron chi connectivity index (χ1n) is 12.3. The van der Waals surface area contributed by atoms with E-state index in [0.717, 1.165) is 16.1 Å². The van der Waals surface area contributed by atoms with Gasteiger partial charge in [-0.15, -0.1) is 11.3 Å². The van der Waals surface area contributed by atoms with Crippen LogP contribution in [0.25, 0.3) is 27.5 Å². The van der Waals surface area contributed by atoms with Crippen molar-refractivity contribution in [3.05, 3.63) is 59.9 Å². The Kier molecular flexibility index (Phi) is 7.87. The fourth-order valence-electron chi connectivity index (χ4n) is 3.97. The molecule has 0 saturated heterocycles. The topological polar surface area (TPSA) is 102 Å². The highest BCUT2D eigenvalue weighted by molar-refractivity contribution is 7.13. The molecule has 0 bridgehead atoms. The van der Waals surface area contributed by atoms with Gasteiger partial charge in [0, 0.05) is 31.0 Å². The lowest BCUT2D eigenvalue weighted by Gasteiger charge is -2.32. The minimum atomic E-state index is -0.586. The molecule has 0 aromatic carbocycles. The summed E-state index contributed by atoms with van der Waals surface area (Å²) in [6.07, 6.45) is 5.47. The lowest BCUT2D eigenvalue weighted by Crippen LogP contribution is -2.48. The largest absolute Gasteiger partial charge is 0.444 e. The summed E-state index contributed by atoms with van der Waals surface area (Å²) < 4.78 is 7.24. The number of fused-ring (bicyclic) bond motifs is 1. The first-order valence-corrected chi connectivity index (χ1v) is 13.2. The highest BCUT2D eigenvalue weighted by atomic mass is 32.1. The van der Waals surface area contributed by atoms with Crippen LogP contribution in [0.3, 0.4) is 0 Å². The van der Waals surface area contributed by atoms with Crippen LogP contribution in [0.15, 0.2) is 54.3 Å². The minimum Gasteiger partial charge on any atom is -0.444 e. The SMILES string of the molecule is CC[C@H](CNC(=O)c1ccnc(-c2cnn3ccc(-c4cccs4)nc23)c1)N(CC)C(=O)OC(C)(C)C. The molecule has 4 aromatic heterocycles. The number of hydrogen-bond acceptors (Lipinski definition) is 7. The Hall–Kier alpha value is -3.79. The molecule has 0 aliphatic carbocycles. The van der Waals surface area contributed by atoms with Crippen molar-refractivity contribution < 1.29 is 14.3 Å². The van der Waals surface area contributed by atoms with Crippen molar-refractivity contribution >= 4 is 29.0 Å². The first kappa shape index (κ1) is 26.3. The third-order valence-corrected chi connectivity index (χ3v) is 6.71. The van der Waals surface area contributed by atoms with E-state index in [-0.39, 0.29) is 18.0 Å². The maximum Gasteiger partial charge on any atom is 0.410 e. The van der Waals surface area contributed by atoms with E-state index >= 15 is 0 Å². The van der Waals surface area contributed by atoms with Crippen molar-refractivity contribution in [2.75, 3.05) is 13.1 Å². The van der Waals surface area contributed by atoms with E-state index in [1.165, 1.54) is 0 Å². The standard InChI is InChI=1S/C27H32N6O3S/c1-6-19(32(7-2)26(35)36-27(3,4)5)16-29-25(34)18-10-12-28-22(15-18)20-17-30-33-13-11-21(31-24(20)33)23-9-8-14-37-23/h8-15,17,19H,6-7,16H2,1-5H3,(H,29,34)/t19-/m1/s1. The minimum absolute atomic E-state index is 0.190. The summed E-state index contributed by atoms with van der Waals surface area (Å²) in [6.45, 7) is 10.2. The third-order valence-electron chi connectivity index (χ3n) is 5.82. The number of rotatable bonds is 8. The lowest BCUT2D eigenvalue weighted by atomic mass is 10.1. The molecule has 0 unspecified atom stereocenters. The zero-order valence-corrected chi connectivity index (χ0v) is 22.6. The number of thiophene rings is 1. The molecule has 0 radical (unpaired) electrons. The van der Waals surface area contributed by atoms with Crippen LogP contribution in [0, 0.1) is 0 Å². The van der Waals surface area contributed by atoms with Crippen LogP contribution in [-0.2, 0) is 4.74 Å². The average molecular weight is 521 g/mol. The number of amides is 2. The van der Waals surface area contributed by atoms with Crippen molar-refractivity contribution in [3.63, 3.8) is 0 Å². The summed E-state index contributed by atoms with van der Waals surface area (Å²) in [5.41, 5.74) is 2.74. The second-order valence-corrected chi connectivity index (χ2v) is 10.5. The van der Waals surface area contributed by atoms with E-state index < -0.39 is 5.60 Å². The normalized spacial score (nSPS) is 12.4. The number of nitrogens with one attached hydrogen (secondary N) is 1. The molecule has 4 heterocycles. The van der Waals surface area contributed by atoms with Gasteiger partial charge >= 0.3 is 6.09 Å². The molecule has 9 nitrogen and oxygen atoms in total. The van der Waals surface area contributed by atoms with Gasteiger partial charge in [0.05, 0.1) is 34.1 Å². The van der Waals surface area contributed by atoms with E-state index in [9.17, 15) is 9.59 Å². The zero-order chi connectivity index (χ0) is 26.6. The van der Waals surface area contributed by atoms with E-state index in [4.69, 9.17) is 9.72 Å². The summed E-state index contributed by atoms with van der Waals surface area (Å²) in [6, 6.07) is 9.15. The molecule has 4 rings (SSSR count). The van der Waals surface area contributed by atoms with Gasteiger partial charge in [-0.05, 0) is 63.8 Å². The molecule has 194 valence electrons. The molecule has 10 heteroatoms. The predicted octanol–water partition coefficient (Wildman–Crippen LogP) is 5.29. The summed E-state index contributed by atoms with van der Waals surface area (Å²) in [5, 5.41) is 9.38. The van der Waals surface area contributed by atoms with Crippen molar-refractivity contribution in [2.24, 2.45) is 0 Å². The van der Waals surface area contributed by atoms with Crippen LogP contribution in [0.5, 0.6) is 0 Å². The number of carbonyl (C=O) groups excluding carboxylic acids is 2. The highest BCUT2D eigenvalue weighted by Crippen LogP contribution is 2.27. The van der Waals surface area contributed by atoms with Gasteiger partial charge in [0.2, 0.25) is 0 Å². The Morgan fingerprint density at radius 2 is 2.00 bits per heavy atom. The van der Waals surface area contributed by atoms with Crippen LogP contribution < -0.4 is 5.32 Å². The van der Waals surface area contributed by atoms with Crippen molar-refractivity contribution in [1.29, 1.82) is 0 Å². The molecule has 0 aliphatic rings. The van der Waals surface area contributed by atoms with Gasteiger partial charge in [0.1, 0.15) is 5.60 Å². The molecule has 2 amide bonds. The number of carbonyl (C=O) groups is 2. The van der Waals surface area contributed by atoms with Gasteiger partial charge in [-0.3, -0.25) is 9.78 Å². The van der Waals surface area contributed by atoms with Crippen molar-refractivity contribution in [2.45, 2.75) is 52.7 Å². The van der Waals surface area contributed by atoms with Crippen LogP contribution in [0.4, 0.5) is 4.79 Å². The molecule has 0 fully saturated rings. The Labute approximate surface area is 220 Å². The molecular formula is C27H32N6O3S. The second kappa shape index (κ2) is 11.1. The number of nitrogens with zero attached hydrogens (tertiary/aromatic N) is 5. The third kappa shape index (κ3) is 6.14. The second-order valence-electron chi connectivity index (χ2n) is 9.58.